The Bertz CT molecular complexity index is 1110. The van der Waals surface area contributed by atoms with Gasteiger partial charge in [-0.3, -0.25) is 4.79 Å². The van der Waals surface area contributed by atoms with Crippen LogP contribution in [0.5, 0.6) is 11.5 Å². The van der Waals surface area contributed by atoms with Crippen LogP contribution in [-0.4, -0.2) is 22.8 Å². The first-order valence-electron chi connectivity index (χ1n) is 8.78. The first kappa shape index (κ1) is 21.0. The first-order chi connectivity index (χ1) is 14.0. The monoisotopic (exact) mass is 471 g/mol. The summed E-state index contributed by atoms with van der Waals surface area (Å²) in [5.74, 6) is 1.10. The summed E-state index contributed by atoms with van der Waals surface area (Å²) < 4.78 is 12.7. The topological polar surface area (TPSA) is 88.0 Å². The number of ether oxygens (including phenoxy) is 2. The molecule has 0 bridgehead atoms. The van der Waals surface area contributed by atoms with Crippen molar-refractivity contribution in [2.24, 2.45) is 0 Å². The van der Waals surface area contributed by atoms with E-state index < -0.39 is 5.56 Å². The highest BCUT2D eigenvalue weighted by Gasteiger charge is 2.16. The Hall–Kier alpha value is -2.76. The normalized spacial score (nSPS) is 10.4. The second kappa shape index (κ2) is 9.63. The van der Waals surface area contributed by atoms with Gasteiger partial charge in [-0.05, 0) is 49.1 Å². The minimum atomic E-state index is -0.463. The number of hydrogen-bond donors (Lipinski definition) is 1. The average molecular weight is 472 g/mol. The van der Waals surface area contributed by atoms with E-state index in [1.54, 1.807) is 24.5 Å². The number of H-pyrrole nitrogens is 1. The quantitative estimate of drug-likeness (QED) is 0.394. The van der Waals surface area contributed by atoms with Crippen LogP contribution in [0, 0.1) is 11.3 Å². The SMILES string of the molecule is CCOc1cc(-c2nc(SC)[nH]c(=O)c2C#N)ccc1OCc1ccc(Br)cc1. The van der Waals surface area contributed by atoms with Crippen molar-refractivity contribution < 1.29 is 9.47 Å². The van der Waals surface area contributed by atoms with Gasteiger partial charge >= 0.3 is 0 Å². The lowest BCUT2D eigenvalue weighted by Gasteiger charge is -2.14. The van der Waals surface area contributed by atoms with Crippen molar-refractivity contribution in [3.8, 4) is 28.8 Å². The number of nitriles is 1. The van der Waals surface area contributed by atoms with Gasteiger partial charge < -0.3 is 14.5 Å². The van der Waals surface area contributed by atoms with E-state index in [1.165, 1.54) is 11.8 Å². The van der Waals surface area contributed by atoms with Crippen molar-refractivity contribution in [1.29, 1.82) is 5.26 Å². The van der Waals surface area contributed by atoms with Crippen LogP contribution in [0.1, 0.15) is 18.1 Å². The summed E-state index contributed by atoms with van der Waals surface area (Å²) in [6, 6.07) is 15.1. The average Bonchev–Trinajstić information content (AvgIpc) is 2.73. The minimum Gasteiger partial charge on any atom is -0.490 e. The highest BCUT2D eigenvalue weighted by atomic mass is 79.9. The molecule has 1 heterocycles. The number of benzene rings is 2. The van der Waals surface area contributed by atoms with E-state index in [0.29, 0.717) is 41.1 Å². The number of aromatic amines is 1. The second-order valence-corrected chi connectivity index (χ2v) is 7.63. The summed E-state index contributed by atoms with van der Waals surface area (Å²) in [7, 11) is 0. The Kier molecular flexibility index (Phi) is 6.96. The second-order valence-electron chi connectivity index (χ2n) is 5.92. The molecule has 2 aromatic carbocycles. The van der Waals surface area contributed by atoms with E-state index in [1.807, 2.05) is 37.3 Å². The van der Waals surface area contributed by atoms with Crippen LogP contribution in [0.4, 0.5) is 0 Å². The number of nitrogens with one attached hydrogen (secondary N) is 1. The molecule has 0 atom stereocenters. The molecule has 0 aliphatic heterocycles. The maximum Gasteiger partial charge on any atom is 0.270 e. The molecular formula is C21H18BrN3O3S. The van der Waals surface area contributed by atoms with Gasteiger partial charge in [0.15, 0.2) is 16.7 Å². The number of rotatable bonds is 7. The fourth-order valence-corrected chi connectivity index (χ4v) is 3.29. The summed E-state index contributed by atoms with van der Waals surface area (Å²) in [5.41, 5.74) is 1.46. The molecule has 0 unspecified atom stereocenters. The van der Waals surface area contributed by atoms with E-state index in [2.05, 4.69) is 25.9 Å². The van der Waals surface area contributed by atoms with Gasteiger partial charge in [0.05, 0.1) is 12.3 Å². The first-order valence-corrected chi connectivity index (χ1v) is 10.8. The molecule has 0 aliphatic carbocycles. The molecule has 0 saturated carbocycles. The third-order valence-corrected chi connectivity index (χ3v) is 5.14. The van der Waals surface area contributed by atoms with Gasteiger partial charge in [0.1, 0.15) is 18.2 Å². The lowest BCUT2D eigenvalue weighted by Crippen LogP contribution is -2.14. The van der Waals surface area contributed by atoms with Crippen LogP contribution >= 0.6 is 27.7 Å². The van der Waals surface area contributed by atoms with Gasteiger partial charge in [0.2, 0.25) is 0 Å². The predicted octanol–water partition coefficient (Wildman–Crippen LogP) is 4.77. The number of nitrogens with zero attached hydrogens (tertiary/aromatic N) is 2. The van der Waals surface area contributed by atoms with Crippen molar-refractivity contribution in [1.82, 2.24) is 9.97 Å². The van der Waals surface area contributed by atoms with Crippen LogP contribution in [-0.2, 0) is 6.61 Å². The fraction of sp³-hybridized carbons (Fsp3) is 0.190. The molecule has 3 rings (SSSR count). The number of thioether (sulfide) groups is 1. The number of halogens is 1. The Morgan fingerprint density at radius 2 is 1.93 bits per heavy atom. The third-order valence-electron chi connectivity index (χ3n) is 4.03. The molecule has 1 aromatic heterocycles. The zero-order valence-corrected chi connectivity index (χ0v) is 18.3. The van der Waals surface area contributed by atoms with E-state index >= 15 is 0 Å². The molecule has 148 valence electrons. The molecule has 3 aromatic rings. The Morgan fingerprint density at radius 1 is 1.17 bits per heavy atom. The largest absolute Gasteiger partial charge is 0.490 e. The Morgan fingerprint density at radius 3 is 2.59 bits per heavy atom. The highest BCUT2D eigenvalue weighted by molar-refractivity contribution is 9.10. The Balaban J connectivity index is 1.96. The van der Waals surface area contributed by atoms with E-state index in [9.17, 15) is 10.1 Å². The summed E-state index contributed by atoms with van der Waals surface area (Å²) in [5, 5.41) is 9.85. The van der Waals surface area contributed by atoms with Crippen LogP contribution in [0.25, 0.3) is 11.3 Å². The molecular weight excluding hydrogens is 454 g/mol. The summed E-state index contributed by atoms with van der Waals surface area (Å²) >= 11 is 4.72. The number of aromatic nitrogens is 2. The molecule has 0 radical (unpaired) electrons. The van der Waals surface area contributed by atoms with Gasteiger partial charge in [-0.1, -0.05) is 39.8 Å². The molecule has 0 saturated heterocycles. The van der Waals surface area contributed by atoms with Crippen LogP contribution < -0.4 is 15.0 Å². The minimum absolute atomic E-state index is 0.0335. The van der Waals surface area contributed by atoms with E-state index in [4.69, 9.17) is 9.47 Å². The van der Waals surface area contributed by atoms with Crippen molar-refractivity contribution in [2.45, 2.75) is 18.7 Å². The van der Waals surface area contributed by atoms with E-state index in [0.717, 1.165) is 10.0 Å². The lowest BCUT2D eigenvalue weighted by atomic mass is 10.1. The molecule has 0 aliphatic rings. The van der Waals surface area contributed by atoms with Crippen LogP contribution in [0.3, 0.4) is 0 Å². The maximum atomic E-state index is 12.2. The lowest BCUT2D eigenvalue weighted by molar-refractivity contribution is 0.269. The maximum absolute atomic E-state index is 12.2. The van der Waals surface area contributed by atoms with E-state index in [-0.39, 0.29) is 5.56 Å². The predicted molar refractivity (Wildman–Crippen MR) is 116 cm³/mol. The van der Waals surface area contributed by atoms with Crippen LogP contribution in [0.15, 0.2) is 56.9 Å². The van der Waals surface area contributed by atoms with Gasteiger partial charge in [-0.25, -0.2) is 4.98 Å². The summed E-state index contributed by atoms with van der Waals surface area (Å²) in [4.78, 5) is 19.2. The van der Waals surface area contributed by atoms with Crippen molar-refractivity contribution in [3.63, 3.8) is 0 Å². The van der Waals surface area contributed by atoms with Crippen molar-refractivity contribution in [2.75, 3.05) is 12.9 Å². The highest BCUT2D eigenvalue weighted by Crippen LogP contribution is 2.33. The molecule has 8 heteroatoms. The third kappa shape index (κ3) is 5.00. The standard InChI is InChI=1S/C21H18BrN3O3S/c1-3-27-18-10-14(19-16(11-23)20(26)25-21(24-19)29-2)6-9-17(18)28-12-13-4-7-15(22)8-5-13/h4-10H,3,12H2,1-2H3,(H,24,25,26). The molecule has 0 spiro atoms. The molecule has 29 heavy (non-hydrogen) atoms. The van der Waals surface area contributed by atoms with Gasteiger partial charge in [0, 0.05) is 10.0 Å². The smallest absolute Gasteiger partial charge is 0.270 e. The zero-order valence-electron chi connectivity index (χ0n) is 15.9. The van der Waals surface area contributed by atoms with Crippen molar-refractivity contribution in [3.05, 3.63) is 68.4 Å². The molecule has 6 nitrogen and oxygen atoms in total. The number of hydrogen-bond acceptors (Lipinski definition) is 6. The van der Waals surface area contributed by atoms with Gasteiger partial charge in [-0.15, -0.1) is 0 Å². The molecule has 0 amide bonds. The van der Waals surface area contributed by atoms with Gasteiger partial charge in [0.25, 0.3) is 5.56 Å². The summed E-state index contributed by atoms with van der Waals surface area (Å²) in [6.45, 7) is 2.71. The van der Waals surface area contributed by atoms with Gasteiger partial charge in [-0.2, -0.15) is 5.26 Å². The summed E-state index contributed by atoms with van der Waals surface area (Å²) in [6.07, 6.45) is 1.80. The molecule has 0 fully saturated rings. The van der Waals surface area contributed by atoms with Crippen LogP contribution in [0.2, 0.25) is 0 Å². The van der Waals surface area contributed by atoms with Crippen molar-refractivity contribution >= 4 is 27.7 Å². The Labute approximate surface area is 181 Å². The molecule has 1 N–H and O–H groups in total. The zero-order chi connectivity index (χ0) is 20.8. The fourth-order valence-electron chi connectivity index (χ4n) is 2.65.